The molecule has 8 heteroatoms. The van der Waals surface area contributed by atoms with Crippen LogP contribution in [0.4, 0.5) is 11.4 Å². The van der Waals surface area contributed by atoms with E-state index < -0.39 is 0 Å². The molecule has 0 unspecified atom stereocenters. The van der Waals surface area contributed by atoms with Crippen LogP contribution in [-0.4, -0.2) is 67.8 Å². The van der Waals surface area contributed by atoms with E-state index in [1.165, 1.54) is 11.3 Å². The van der Waals surface area contributed by atoms with E-state index in [1.807, 2.05) is 0 Å². The summed E-state index contributed by atoms with van der Waals surface area (Å²) in [5.74, 6) is 0.803. The largest absolute Gasteiger partial charge is 0.487 e. The van der Waals surface area contributed by atoms with E-state index in [0.29, 0.717) is 36.2 Å². The van der Waals surface area contributed by atoms with Gasteiger partial charge in [0.15, 0.2) is 5.76 Å². The highest BCUT2D eigenvalue weighted by Crippen LogP contribution is 2.22. The summed E-state index contributed by atoms with van der Waals surface area (Å²) in [5.41, 5.74) is 3.80. The lowest BCUT2D eigenvalue weighted by Crippen LogP contribution is -2.52. The van der Waals surface area contributed by atoms with Crippen molar-refractivity contribution in [3.63, 3.8) is 0 Å². The second kappa shape index (κ2) is 12.1. The number of anilines is 2. The van der Waals surface area contributed by atoms with Gasteiger partial charge in [0, 0.05) is 60.3 Å². The van der Waals surface area contributed by atoms with Gasteiger partial charge in [-0.05, 0) is 68.8 Å². The van der Waals surface area contributed by atoms with Crippen molar-refractivity contribution >= 4 is 35.0 Å². The molecule has 4 rings (SSSR count). The number of nitrogens with one attached hydrogen (secondary N) is 2. The van der Waals surface area contributed by atoms with Gasteiger partial charge in [-0.1, -0.05) is 12.1 Å². The number of nitrogens with zero attached hydrogens (tertiary/aromatic N) is 2. The summed E-state index contributed by atoms with van der Waals surface area (Å²) >= 11 is 1.56. The number of amides is 2. The van der Waals surface area contributed by atoms with E-state index in [2.05, 4.69) is 58.5 Å². The molecule has 0 spiro atoms. The molecule has 1 atom stereocenters. The predicted molar refractivity (Wildman–Crippen MR) is 143 cm³/mol. The van der Waals surface area contributed by atoms with Crippen molar-refractivity contribution in [2.75, 3.05) is 55.3 Å². The number of rotatable bonds is 8. The number of carbonyl (C=O) groups excluding carboxylic acids is 2. The molecule has 2 aliphatic heterocycles. The highest BCUT2D eigenvalue weighted by atomic mass is 32.2. The topological polar surface area (TPSA) is 73.9 Å². The second-order valence-corrected chi connectivity index (χ2v) is 10.0. The minimum atomic E-state index is -0.275. The van der Waals surface area contributed by atoms with E-state index in [1.54, 1.807) is 41.4 Å². The quantitative estimate of drug-likeness (QED) is 0.543. The van der Waals surface area contributed by atoms with Crippen molar-refractivity contribution in [3.05, 3.63) is 70.8 Å². The summed E-state index contributed by atoms with van der Waals surface area (Å²) in [4.78, 5) is 29.7. The summed E-state index contributed by atoms with van der Waals surface area (Å²) in [6, 6.07) is 16.1. The Labute approximate surface area is 211 Å². The molecule has 0 bridgehead atoms. The van der Waals surface area contributed by atoms with Crippen molar-refractivity contribution in [1.29, 1.82) is 0 Å². The SMILES string of the molecule is Cc1cccc(N2CCN(CCCNC(=O)c3ccc(NC(=O)C4=CSCCO4)cc3)C[C@H]2C)c1. The Morgan fingerprint density at radius 2 is 1.94 bits per heavy atom. The fraction of sp³-hybridized carbons (Fsp3) is 0.407. The predicted octanol–water partition coefficient (Wildman–Crippen LogP) is 3.87. The van der Waals surface area contributed by atoms with Crippen molar-refractivity contribution < 1.29 is 14.3 Å². The first-order valence-corrected chi connectivity index (χ1v) is 13.2. The molecule has 2 amide bonds. The number of thioether (sulfide) groups is 1. The fourth-order valence-corrected chi connectivity index (χ4v) is 5.04. The highest BCUT2D eigenvalue weighted by Gasteiger charge is 2.23. The summed E-state index contributed by atoms with van der Waals surface area (Å²) in [6.45, 7) is 9.61. The Hall–Kier alpha value is -2.97. The lowest BCUT2D eigenvalue weighted by atomic mass is 10.1. The number of benzene rings is 2. The summed E-state index contributed by atoms with van der Waals surface area (Å²) in [6.07, 6.45) is 0.907. The molecule has 2 N–H and O–H groups in total. The lowest BCUT2D eigenvalue weighted by molar-refractivity contribution is -0.116. The van der Waals surface area contributed by atoms with Crippen LogP contribution in [0.15, 0.2) is 59.7 Å². The molecule has 0 aromatic heterocycles. The zero-order valence-corrected chi connectivity index (χ0v) is 21.3. The third kappa shape index (κ3) is 7.02. The van der Waals surface area contributed by atoms with Gasteiger partial charge in [-0.2, -0.15) is 0 Å². The number of carbonyl (C=O) groups is 2. The van der Waals surface area contributed by atoms with Gasteiger partial charge in [0.25, 0.3) is 11.8 Å². The molecule has 186 valence electrons. The first-order valence-electron chi connectivity index (χ1n) is 12.2. The van der Waals surface area contributed by atoms with Crippen LogP contribution in [0.5, 0.6) is 0 Å². The lowest BCUT2D eigenvalue weighted by Gasteiger charge is -2.41. The minimum absolute atomic E-state index is 0.102. The van der Waals surface area contributed by atoms with Crippen LogP contribution in [0.3, 0.4) is 0 Å². The van der Waals surface area contributed by atoms with Gasteiger partial charge >= 0.3 is 0 Å². The molecular formula is C27H34N4O3S. The summed E-state index contributed by atoms with van der Waals surface area (Å²) < 4.78 is 5.37. The van der Waals surface area contributed by atoms with E-state index in [-0.39, 0.29) is 11.8 Å². The van der Waals surface area contributed by atoms with E-state index in [0.717, 1.165) is 38.4 Å². The first-order chi connectivity index (χ1) is 17.0. The molecule has 2 aliphatic rings. The maximum Gasteiger partial charge on any atom is 0.291 e. The van der Waals surface area contributed by atoms with E-state index in [4.69, 9.17) is 4.74 Å². The Morgan fingerprint density at radius 3 is 2.66 bits per heavy atom. The molecule has 0 radical (unpaired) electrons. The van der Waals surface area contributed by atoms with Crippen LogP contribution in [0.2, 0.25) is 0 Å². The van der Waals surface area contributed by atoms with Gasteiger partial charge in [0.1, 0.15) is 0 Å². The van der Waals surface area contributed by atoms with Gasteiger partial charge in [-0.25, -0.2) is 0 Å². The molecule has 1 saturated heterocycles. The third-order valence-electron chi connectivity index (χ3n) is 6.26. The molecular weight excluding hydrogens is 460 g/mol. The zero-order chi connectivity index (χ0) is 24.6. The number of hydrogen-bond acceptors (Lipinski definition) is 6. The molecule has 2 aromatic rings. The average molecular weight is 495 g/mol. The summed E-state index contributed by atoms with van der Waals surface area (Å²) in [7, 11) is 0. The molecule has 1 fully saturated rings. The van der Waals surface area contributed by atoms with Crippen molar-refractivity contribution in [2.24, 2.45) is 0 Å². The maximum atomic E-state index is 12.5. The molecule has 2 heterocycles. The minimum Gasteiger partial charge on any atom is -0.487 e. The monoisotopic (exact) mass is 494 g/mol. The third-order valence-corrected chi connectivity index (χ3v) is 7.04. The number of hydrogen-bond donors (Lipinski definition) is 2. The van der Waals surface area contributed by atoms with Crippen LogP contribution in [0.1, 0.15) is 29.3 Å². The van der Waals surface area contributed by atoms with Gasteiger partial charge in [-0.15, -0.1) is 11.8 Å². The molecule has 35 heavy (non-hydrogen) atoms. The van der Waals surface area contributed by atoms with Crippen molar-refractivity contribution in [1.82, 2.24) is 10.2 Å². The highest BCUT2D eigenvalue weighted by molar-refractivity contribution is 8.02. The fourth-order valence-electron chi connectivity index (χ4n) is 4.42. The van der Waals surface area contributed by atoms with Gasteiger partial charge in [0.05, 0.1) is 6.61 Å². The number of aryl methyl sites for hydroxylation is 1. The van der Waals surface area contributed by atoms with Gasteiger partial charge < -0.3 is 20.3 Å². The van der Waals surface area contributed by atoms with E-state index in [9.17, 15) is 9.59 Å². The van der Waals surface area contributed by atoms with Crippen molar-refractivity contribution in [3.8, 4) is 0 Å². The normalized spacial score (nSPS) is 18.4. The van der Waals surface area contributed by atoms with Gasteiger partial charge in [-0.3, -0.25) is 14.5 Å². The average Bonchev–Trinajstić information content (AvgIpc) is 2.87. The van der Waals surface area contributed by atoms with Crippen molar-refractivity contribution in [2.45, 2.75) is 26.3 Å². The number of ether oxygens (including phenoxy) is 1. The maximum absolute atomic E-state index is 12.5. The molecule has 7 nitrogen and oxygen atoms in total. The second-order valence-electron chi connectivity index (χ2n) is 9.02. The summed E-state index contributed by atoms with van der Waals surface area (Å²) in [5, 5.41) is 7.53. The van der Waals surface area contributed by atoms with Gasteiger partial charge in [0.2, 0.25) is 0 Å². The van der Waals surface area contributed by atoms with Crippen LogP contribution < -0.4 is 15.5 Å². The smallest absolute Gasteiger partial charge is 0.291 e. The first kappa shape index (κ1) is 25.1. The van der Waals surface area contributed by atoms with Crippen LogP contribution in [-0.2, 0) is 9.53 Å². The number of piperazine rings is 1. The van der Waals surface area contributed by atoms with E-state index >= 15 is 0 Å². The molecule has 0 aliphatic carbocycles. The van der Waals surface area contributed by atoms with Crippen LogP contribution in [0, 0.1) is 6.92 Å². The van der Waals surface area contributed by atoms with Crippen LogP contribution >= 0.6 is 11.8 Å². The molecule has 2 aromatic carbocycles. The van der Waals surface area contributed by atoms with Crippen LogP contribution in [0.25, 0.3) is 0 Å². The Balaban J connectivity index is 1.16. The zero-order valence-electron chi connectivity index (χ0n) is 20.5. The Kier molecular flexibility index (Phi) is 8.71. The standard InChI is InChI=1S/C27H34N4O3S/c1-20-5-3-6-24(17-20)31-14-13-30(18-21(31)2)12-4-11-28-26(32)22-7-9-23(10-8-22)29-27(33)25-19-35-16-15-34-25/h3,5-10,17,19,21H,4,11-16,18H2,1-2H3,(H,28,32)(H,29,33)/t21-/m1/s1. The Bertz CT molecular complexity index is 1060. The Morgan fingerprint density at radius 1 is 1.11 bits per heavy atom. The molecule has 0 saturated carbocycles.